The smallest absolute Gasteiger partial charge is 0.246 e. The molecule has 4 rings (SSSR count). The summed E-state index contributed by atoms with van der Waals surface area (Å²) in [6.07, 6.45) is 0.573. The predicted molar refractivity (Wildman–Crippen MR) is 110 cm³/mol. The molecule has 164 valence electrons. The zero-order valence-electron chi connectivity index (χ0n) is 16.8. The van der Waals surface area contributed by atoms with Gasteiger partial charge in [-0.15, -0.1) is 0 Å². The molecule has 1 fully saturated rings. The average molecular weight is 448 g/mol. The van der Waals surface area contributed by atoms with E-state index in [-0.39, 0.29) is 43.8 Å². The quantitative estimate of drug-likeness (QED) is 0.627. The normalized spacial score (nSPS) is 17.0. The van der Waals surface area contributed by atoms with Gasteiger partial charge in [0, 0.05) is 19.0 Å². The van der Waals surface area contributed by atoms with Crippen LogP contribution in [0.1, 0.15) is 31.6 Å². The number of hydrogen-bond donors (Lipinski definition) is 2. The molecule has 1 aromatic heterocycles. The molecule has 10 heteroatoms. The van der Waals surface area contributed by atoms with Gasteiger partial charge < -0.3 is 10.3 Å². The van der Waals surface area contributed by atoms with E-state index in [4.69, 9.17) is 0 Å². The lowest BCUT2D eigenvalue weighted by molar-refractivity contribution is -0.126. The largest absolute Gasteiger partial charge is 0.346 e. The lowest BCUT2D eigenvalue weighted by Gasteiger charge is -2.31. The molecule has 0 saturated carbocycles. The van der Waals surface area contributed by atoms with Crippen LogP contribution in [-0.4, -0.2) is 41.7 Å². The van der Waals surface area contributed by atoms with Crippen LogP contribution in [0.4, 0.5) is 8.78 Å². The number of sulfonamides is 1. The molecular formula is C21H22F2N4O3S. The second-order valence-electron chi connectivity index (χ2n) is 7.62. The van der Waals surface area contributed by atoms with Crippen LogP contribution in [0.5, 0.6) is 0 Å². The summed E-state index contributed by atoms with van der Waals surface area (Å²) in [5.41, 5.74) is 1.68. The van der Waals surface area contributed by atoms with Gasteiger partial charge in [0.2, 0.25) is 15.9 Å². The highest BCUT2D eigenvalue weighted by Crippen LogP contribution is 2.26. The molecule has 1 aliphatic heterocycles. The van der Waals surface area contributed by atoms with Crippen molar-refractivity contribution in [3.63, 3.8) is 0 Å². The van der Waals surface area contributed by atoms with Crippen LogP contribution in [0.25, 0.3) is 11.0 Å². The summed E-state index contributed by atoms with van der Waals surface area (Å²) in [7, 11) is -4.17. The summed E-state index contributed by atoms with van der Waals surface area (Å²) in [5, 5.41) is 2.92. The van der Waals surface area contributed by atoms with Crippen molar-refractivity contribution in [2.75, 3.05) is 13.1 Å². The molecule has 31 heavy (non-hydrogen) atoms. The molecule has 7 nitrogen and oxygen atoms in total. The Morgan fingerprint density at radius 1 is 1.19 bits per heavy atom. The number of rotatable bonds is 5. The van der Waals surface area contributed by atoms with Gasteiger partial charge in [-0.2, -0.15) is 4.31 Å². The Kier molecular flexibility index (Phi) is 5.76. The van der Waals surface area contributed by atoms with Gasteiger partial charge >= 0.3 is 0 Å². The van der Waals surface area contributed by atoms with Gasteiger partial charge in [0.1, 0.15) is 22.4 Å². The van der Waals surface area contributed by atoms with Crippen LogP contribution < -0.4 is 5.32 Å². The van der Waals surface area contributed by atoms with Gasteiger partial charge in [-0.3, -0.25) is 4.79 Å². The summed E-state index contributed by atoms with van der Waals surface area (Å²) < 4.78 is 53.9. The maximum atomic E-state index is 14.0. The van der Waals surface area contributed by atoms with E-state index in [2.05, 4.69) is 15.3 Å². The van der Waals surface area contributed by atoms with Gasteiger partial charge in [0.15, 0.2) is 0 Å². The first-order valence-electron chi connectivity index (χ1n) is 9.96. The van der Waals surface area contributed by atoms with Crippen molar-refractivity contribution in [2.45, 2.75) is 30.7 Å². The zero-order chi connectivity index (χ0) is 22.2. The number of aromatic nitrogens is 2. The van der Waals surface area contributed by atoms with Crippen LogP contribution in [-0.2, 0) is 14.8 Å². The number of H-pyrrole nitrogens is 1. The van der Waals surface area contributed by atoms with Crippen LogP contribution in [0.15, 0.2) is 47.4 Å². The fraction of sp³-hybridized carbons (Fsp3) is 0.333. The summed E-state index contributed by atoms with van der Waals surface area (Å²) >= 11 is 0. The minimum absolute atomic E-state index is 0.0510. The third-order valence-electron chi connectivity index (χ3n) is 5.51. The zero-order valence-corrected chi connectivity index (χ0v) is 17.6. The van der Waals surface area contributed by atoms with Crippen molar-refractivity contribution in [1.29, 1.82) is 0 Å². The van der Waals surface area contributed by atoms with E-state index in [9.17, 15) is 22.0 Å². The van der Waals surface area contributed by atoms with Crippen molar-refractivity contribution in [2.24, 2.45) is 5.92 Å². The van der Waals surface area contributed by atoms with E-state index in [0.29, 0.717) is 11.9 Å². The van der Waals surface area contributed by atoms with Crippen LogP contribution >= 0.6 is 0 Å². The Labute approximate surface area is 178 Å². The van der Waals surface area contributed by atoms with E-state index < -0.39 is 26.6 Å². The number of imidazole rings is 1. The van der Waals surface area contributed by atoms with Gasteiger partial charge in [0.05, 0.1) is 17.1 Å². The first-order valence-corrected chi connectivity index (χ1v) is 11.4. The van der Waals surface area contributed by atoms with E-state index in [1.165, 1.54) is 0 Å². The first kappa shape index (κ1) is 21.4. The van der Waals surface area contributed by atoms with E-state index in [0.717, 1.165) is 27.5 Å². The molecule has 0 aliphatic carbocycles. The van der Waals surface area contributed by atoms with Crippen LogP contribution in [0.3, 0.4) is 0 Å². The molecule has 0 bridgehead atoms. The maximum Gasteiger partial charge on any atom is 0.246 e. The van der Waals surface area contributed by atoms with E-state index in [1.54, 1.807) is 0 Å². The van der Waals surface area contributed by atoms with Crippen molar-refractivity contribution in [3.8, 4) is 0 Å². The van der Waals surface area contributed by atoms with Gasteiger partial charge in [0.25, 0.3) is 0 Å². The molecule has 3 aromatic rings. The number of amides is 1. The molecule has 1 saturated heterocycles. The monoisotopic (exact) mass is 448 g/mol. The maximum absolute atomic E-state index is 14.0. The third kappa shape index (κ3) is 4.31. The van der Waals surface area contributed by atoms with Crippen molar-refractivity contribution >= 4 is 27.0 Å². The van der Waals surface area contributed by atoms with Crippen LogP contribution in [0.2, 0.25) is 0 Å². The molecule has 0 spiro atoms. The van der Waals surface area contributed by atoms with Crippen LogP contribution in [0, 0.1) is 17.6 Å². The number of halogens is 2. The number of carbonyl (C=O) groups excluding carboxylic acids is 1. The topological polar surface area (TPSA) is 95.2 Å². The van der Waals surface area contributed by atoms with Gasteiger partial charge in [-0.25, -0.2) is 22.2 Å². The number of nitrogens with zero attached hydrogens (tertiary/aromatic N) is 2. The predicted octanol–water partition coefficient (Wildman–Crippen LogP) is 3.12. The molecule has 1 amide bonds. The van der Waals surface area contributed by atoms with Gasteiger partial charge in [-0.05, 0) is 50.1 Å². The third-order valence-corrected chi connectivity index (χ3v) is 7.43. The number of para-hydroxylation sites is 2. The van der Waals surface area contributed by atoms with E-state index in [1.807, 2.05) is 31.2 Å². The van der Waals surface area contributed by atoms with E-state index >= 15 is 0 Å². The lowest BCUT2D eigenvalue weighted by Crippen LogP contribution is -2.43. The fourth-order valence-electron chi connectivity index (χ4n) is 3.75. The Morgan fingerprint density at radius 2 is 1.90 bits per heavy atom. The second-order valence-corrected chi connectivity index (χ2v) is 9.53. The Balaban J connectivity index is 1.39. The Morgan fingerprint density at radius 3 is 2.61 bits per heavy atom. The van der Waals surface area contributed by atoms with Crippen molar-refractivity contribution < 1.29 is 22.0 Å². The first-order chi connectivity index (χ1) is 14.8. The highest BCUT2D eigenvalue weighted by atomic mass is 32.2. The summed E-state index contributed by atoms with van der Waals surface area (Å²) in [6.45, 7) is 1.92. The Hall–Kier alpha value is -2.85. The highest BCUT2D eigenvalue weighted by molar-refractivity contribution is 7.89. The average Bonchev–Trinajstić information content (AvgIpc) is 3.20. The van der Waals surface area contributed by atoms with Crippen molar-refractivity contribution in [3.05, 3.63) is 59.9 Å². The molecule has 2 aromatic carbocycles. The second kappa shape index (κ2) is 8.35. The number of aromatic amines is 1. The number of benzene rings is 2. The minimum atomic E-state index is -4.17. The molecule has 1 unspecified atom stereocenters. The minimum Gasteiger partial charge on any atom is -0.346 e. The molecule has 1 aliphatic rings. The lowest BCUT2D eigenvalue weighted by atomic mass is 9.97. The molecular weight excluding hydrogens is 426 g/mol. The Bertz CT molecular complexity index is 1190. The molecule has 2 heterocycles. The summed E-state index contributed by atoms with van der Waals surface area (Å²) in [5.74, 6) is -1.76. The number of carbonyl (C=O) groups is 1. The standard InChI is InChI=1S/C21H22F2N4O3S/c1-13(20-25-17-4-2-3-5-18(17)26-20)24-21(28)14-8-10-27(11-9-14)31(29,30)19-12-15(22)6-7-16(19)23/h2-7,12-14H,8-11H2,1H3,(H,24,28)(H,25,26). The molecule has 0 radical (unpaired) electrons. The number of piperidine rings is 1. The number of nitrogens with one attached hydrogen (secondary N) is 2. The fourth-order valence-corrected chi connectivity index (χ4v) is 5.30. The molecule has 2 N–H and O–H groups in total. The van der Waals surface area contributed by atoms with Crippen molar-refractivity contribution in [1.82, 2.24) is 19.6 Å². The SMILES string of the molecule is CC(NC(=O)C1CCN(S(=O)(=O)c2cc(F)ccc2F)CC1)c1nc2ccccc2[nH]1. The summed E-state index contributed by atoms with van der Waals surface area (Å²) in [6, 6.07) is 9.55. The summed E-state index contributed by atoms with van der Waals surface area (Å²) in [4.78, 5) is 19.7. The number of fused-ring (bicyclic) bond motifs is 1. The highest BCUT2D eigenvalue weighted by Gasteiger charge is 2.34. The number of hydrogen-bond acceptors (Lipinski definition) is 4. The molecule has 1 atom stereocenters. The van der Waals surface area contributed by atoms with Gasteiger partial charge in [-0.1, -0.05) is 12.1 Å².